The maximum absolute atomic E-state index is 12.0. The Morgan fingerprint density at radius 2 is 2.24 bits per heavy atom. The summed E-state index contributed by atoms with van der Waals surface area (Å²) in [6.45, 7) is 0. The number of nitrogens with one attached hydrogen (secondary N) is 2. The van der Waals surface area contributed by atoms with Crippen LogP contribution in [0.3, 0.4) is 0 Å². The fraction of sp³-hybridized carbons (Fsp3) is 0.100. The van der Waals surface area contributed by atoms with Crippen LogP contribution in [-0.4, -0.2) is 20.7 Å². The van der Waals surface area contributed by atoms with Crippen molar-refractivity contribution in [2.45, 2.75) is 0 Å². The molecule has 7 nitrogen and oxygen atoms in total. The summed E-state index contributed by atoms with van der Waals surface area (Å²) in [4.78, 5) is 15.8. The van der Waals surface area contributed by atoms with Crippen molar-refractivity contribution in [1.82, 2.24) is 14.8 Å². The van der Waals surface area contributed by atoms with Crippen LogP contribution in [0.2, 0.25) is 0 Å². The Morgan fingerprint density at radius 3 is 2.88 bits per heavy atom. The number of nitrogens with zero attached hydrogens (tertiary/aromatic N) is 3. The second-order valence-corrected chi connectivity index (χ2v) is 3.36. The van der Waals surface area contributed by atoms with Gasteiger partial charge in [0.05, 0.1) is 17.4 Å². The van der Waals surface area contributed by atoms with Gasteiger partial charge < -0.3 is 10.7 Å². The first-order valence-corrected chi connectivity index (χ1v) is 4.92. The first-order chi connectivity index (χ1) is 8.22. The van der Waals surface area contributed by atoms with E-state index in [-0.39, 0.29) is 5.91 Å². The molecule has 4 N–H and O–H groups in total. The summed E-state index contributed by atoms with van der Waals surface area (Å²) in [6, 6.07) is 3.32. The summed E-state index contributed by atoms with van der Waals surface area (Å²) in [5.41, 5.74) is 3.33. The number of hydrogen-bond acceptors (Lipinski definition) is 5. The number of nitrogens with two attached hydrogens (primary N) is 1. The summed E-state index contributed by atoms with van der Waals surface area (Å²) in [7, 11) is 1.74. The molecule has 0 unspecified atom stereocenters. The van der Waals surface area contributed by atoms with Crippen molar-refractivity contribution in [3.05, 3.63) is 36.3 Å². The highest BCUT2D eigenvalue weighted by molar-refractivity contribution is 6.07. The Morgan fingerprint density at radius 1 is 1.41 bits per heavy atom. The third-order valence-electron chi connectivity index (χ3n) is 2.28. The number of hydrazine groups is 1. The van der Waals surface area contributed by atoms with Crippen LogP contribution in [0, 0.1) is 0 Å². The van der Waals surface area contributed by atoms with Gasteiger partial charge in [0.15, 0.2) is 0 Å². The predicted molar refractivity (Wildman–Crippen MR) is 63.2 cm³/mol. The number of amides is 1. The lowest BCUT2D eigenvalue weighted by Gasteiger charge is -2.08. The highest BCUT2D eigenvalue weighted by atomic mass is 16.1. The summed E-state index contributed by atoms with van der Waals surface area (Å²) >= 11 is 0. The summed E-state index contributed by atoms with van der Waals surface area (Å²) in [6.07, 6.45) is 4.60. The Hall–Kier alpha value is -2.41. The third-order valence-corrected chi connectivity index (χ3v) is 2.28. The van der Waals surface area contributed by atoms with Gasteiger partial charge in [0.25, 0.3) is 5.91 Å². The molecule has 2 heterocycles. The lowest BCUT2D eigenvalue weighted by Crippen LogP contribution is -2.18. The van der Waals surface area contributed by atoms with Crippen LogP contribution in [0.5, 0.6) is 0 Å². The molecular formula is C10H12N6O. The molecule has 0 aliphatic rings. The zero-order valence-corrected chi connectivity index (χ0v) is 9.21. The predicted octanol–water partition coefficient (Wildman–Crippen LogP) is 0.353. The zero-order chi connectivity index (χ0) is 12.3. The average Bonchev–Trinajstić information content (AvgIpc) is 2.75. The summed E-state index contributed by atoms with van der Waals surface area (Å²) in [5.74, 6) is 5.62. The second-order valence-electron chi connectivity index (χ2n) is 3.36. The molecule has 0 aliphatic carbocycles. The van der Waals surface area contributed by atoms with Crippen LogP contribution >= 0.6 is 0 Å². The SMILES string of the molecule is Cn1nccc1NC(=O)c1cnccc1NN. The molecule has 0 bridgehead atoms. The van der Waals surface area contributed by atoms with E-state index in [1.165, 1.54) is 6.20 Å². The van der Waals surface area contributed by atoms with Crippen molar-refractivity contribution in [2.24, 2.45) is 12.9 Å². The Kier molecular flexibility index (Phi) is 3.01. The minimum Gasteiger partial charge on any atom is -0.323 e. The third kappa shape index (κ3) is 2.23. The van der Waals surface area contributed by atoms with Gasteiger partial charge in [-0.2, -0.15) is 5.10 Å². The van der Waals surface area contributed by atoms with Crippen molar-refractivity contribution in [3.8, 4) is 0 Å². The Balaban J connectivity index is 2.23. The van der Waals surface area contributed by atoms with E-state index in [1.807, 2.05) is 0 Å². The first-order valence-electron chi connectivity index (χ1n) is 4.92. The van der Waals surface area contributed by atoms with Gasteiger partial charge in [-0.05, 0) is 6.07 Å². The smallest absolute Gasteiger partial charge is 0.260 e. The maximum Gasteiger partial charge on any atom is 0.260 e. The van der Waals surface area contributed by atoms with Crippen molar-refractivity contribution >= 4 is 17.4 Å². The van der Waals surface area contributed by atoms with E-state index in [1.54, 1.807) is 36.3 Å². The van der Waals surface area contributed by atoms with Gasteiger partial charge in [-0.1, -0.05) is 0 Å². The van der Waals surface area contributed by atoms with Crippen molar-refractivity contribution < 1.29 is 4.79 Å². The van der Waals surface area contributed by atoms with E-state index >= 15 is 0 Å². The number of carbonyl (C=O) groups is 1. The zero-order valence-electron chi connectivity index (χ0n) is 9.21. The topological polar surface area (TPSA) is 97.9 Å². The number of aromatic nitrogens is 3. The average molecular weight is 232 g/mol. The minimum atomic E-state index is -0.297. The minimum absolute atomic E-state index is 0.297. The molecule has 0 aliphatic heterocycles. The van der Waals surface area contributed by atoms with Gasteiger partial charge >= 0.3 is 0 Å². The molecule has 0 saturated carbocycles. The van der Waals surface area contributed by atoms with Crippen molar-refractivity contribution in [3.63, 3.8) is 0 Å². The molecule has 2 rings (SSSR count). The van der Waals surface area contributed by atoms with Crippen LogP contribution in [0.15, 0.2) is 30.7 Å². The van der Waals surface area contributed by atoms with Gasteiger partial charge in [-0.25, -0.2) is 0 Å². The van der Waals surface area contributed by atoms with Crippen molar-refractivity contribution in [1.29, 1.82) is 0 Å². The summed E-state index contributed by atoms with van der Waals surface area (Å²) in [5, 5.41) is 6.66. The molecule has 17 heavy (non-hydrogen) atoms. The fourth-order valence-electron chi connectivity index (χ4n) is 1.38. The molecule has 0 saturated heterocycles. The molecule has 0 spiro atoms. The van der Waals surface area contributed by atoms with Crippen LogP contribution in [-0.2, 0) is 7.05 Å². The van der Waals surface area contributed by atoms with E-state index in [0.29, 0.717) is 17.1 Å². The number of aryl methyl sites for hydroxylation is 1. The molecule has 88 valence electrons. The van der Waals surface area contributed by atoms with Crippen LogP contribution < -0.4 is 16.6 Å². The Bertz CT molecular complexity index is 535. The number of pyridine rings is 1. The quantitative estimate of drug-likeness (QED) is 0.524. The van der Waals surface area contributed by atoms with E-state index in [4.69, 9.17) is 5.84 Å². The van der Waals surface area contributed by atoms with Crippen LogP contribution in [0.4, 0.5) is 11.5 Å². The number of nitrogen functional groups attached to an aromatic ring is 1. The van der Waals surface area contributed by atoms with Crippen LogP contribution in [0.25, 0.3) is 0 Å². The number of hydrogen-bond donors (Lipinski definition) is 3. The number of rotatable bonds is 3. The van der Waals surface area contributed by atoms with Crippen LogP contribution in [0.1, 0.15) is 10.4 Å². The van der Waals surface area contributed by atoms with Gasteiger partial charge in [0.1, 0.15) is 5.82 Å². The molecule has 0 radical (unpaired) electrons. The van der Waals surface area contributed by atoms with Crippen molar-refractivity contribution in [2.75, 3.05) is 10.7 Å². The van der Waals surface area contributed by atoms with Gasteiger partial charge in [0.2, 0.25) is 0 Å². The molecule has 0 atom stereocenters. The molecule has 0 fully saturated rings. The highest BCUT2D eigenvalue weighted by Crippen LogP contribution is 2.14. The lowest BCUT2D eigenvalue weighted by atomic mass is 10.2. The highest BCUT2D eigenvalue weighted by Gasteiger charge is 2.12. The van der Waals surface area contributed by atoms with Gasteiger partial charge in [0, 0.05) is 25.5 Å². The molecule has 1 amide bonds. The second kappa shape index (κ2) is 4.62. The molecule has 2 aromatic rings. The van der Waals surface area contributed by atoms with E-state index in [2.05, 4.69) is 20.8 Å². The molecule has 0 aromatic carbocycles. The molecule has 7 heteroatoms. The monoisotopic (exact) mass is 232 g/mol. The summed E-state index contributed by atoms with van der Waals surface area (Å²) < 4.78 is 1.56. The molecule has 2 aromatic heterocycles. The van der Waals surface area contributed by atoms with E-state index in [9.17, 15) is 4.79 Å². The molecular weight excluding hydrogens is 220 g/mol. The largest absolute Gasteiger partial charge is 0.323 e. The van der Waals surface area contributed by atoms with Gasteiger partial charge in [-0.15, -0.1) is 0 Å². The fourth-order valence-corrected chi connectivity index (χ4v) is 1.38. The number of carbonyl (C=O) groups excluding carboxylic acids is 1. The maximum atomic E-state index is 12.0. The van der Waals surface area contributed by atoms with E-state index < -0.39 is 0 Å². The normalized spacial score (nSPS) is 10.0. The van der Waals surface area contributed by atoms with E-state index in [0.717, 1.165) is 0 Å². The number of anilines is 2. The Labute approximate surface area is 97.6 Å². The first kappa shape index (κ1) is 11.1. The standard InChI is InChI=1S/C10H12N6O/c1-16-9(3-5-13-16)14-10(17)7-6-12-4-2-8(7)15-11/h2-6H,11H2,1H3,(H,12,15)(H,14,17). The van der Waals surface area contributed by atoms with Gasteiger partial charge in [-0.3, -0.25) is 20.3 Å². The lowest BCUT2D eigenvalue weighted by molar-refractivity contribution is 0.102.